The van der Waals surface area contributed by atoms with Gasteiger partial charge in [-0.15, -0.1) is 10.2 Å². The van der Waals surface area contributed by atoms with Gasteiger partial charge in [0.05, 0.1) is 0 Å². The third-order valence-corrected chi connectivity index (χ3v) is 6.14. The van der Waals surface area contributed by atoms with Crippen LogP contribution in [0.2, 0.25) is 0 Å². The van der Waals surface area contributed by atoms with E-state index in [9.17, 15) is 16.8 Å². The molecule has 0 unspecified atom stereocenters. The van der Waals surface area contributed by atoms with Crippen LogP contribution in [0, 0.1) is 0 Å². The average molecular weight is 344 g/mol. The highest BCUT2D eigenvalue weighted by molar-refractivity contribution is 8.13. The molecule has 116 valence electrons. The molecular weight excluding hydrogens is 326 g/mol. The molecule has 0 aromatic carbocycles. The second-order valence-electron chi connectivity index (χ2n) is 6.03. The number of hydrogen-bond acceptors (Lipinski definition) is 6. The Bertz CT molecular complexity index is 727. The summed E-state index contributed by atoms with van der Waals surface area (Å²) in [4.78, 5) is 0. The predicted octanol–water partition coefficient (Wildman–Crippen LogP) is 1.24. The molecule has 0 amide bonds. The minimum atomic E-state index is -4.13. The van der Waals surface area contributed by atoms with Gasteiger partial charge in [0.2, 0.25) is 0 Å². The summed E-state index contributed by atoms with van der Waals surface area (Å²) >= 11 is 0. The maximum atomic E-state index is 11.9. The first kappa shape index (κ1) is 17.4. The zero-order valence-electron chi connectivity index (χ0n) is 12.2. The maximum absolute atomic E-state index is 11.9. The zero-order valence-corrected chi connectivity index (χ0v) is 14.6. The molecule has 0 aliphatic rings. The fraction of sp³-hybridized carbons (Fsp3) is 0.800. The molecule has 20 heavy (non-hydrogen) atoms. The number of nitrogens with zero attached hydrogens (tertiary/aromatic N) is 3. The van der Waals surface area contributed by atoms with Crippen LogP contribution in [-0.4, -0.2) is 37.9 Å². The van der Waals surface area contributed by atoms with Crippen molar-refractivity contribution in [3.63, 3.8) is 0 Å². The van der Waals surface area contributed by atoms with Crippen molar-refractivity contribution in [2.75, 3.05) is 6.26 Å². The molecule has 1 rings (SSSR count). The molecule has 1 heterocycles. The molecule has 7 nitrogen and oxygen atoms in total. The maximum Gasteiger partial charge on any atom is 0.296 e. The third-order valence-electron chi connectivity index (χ3n) is 2.99. The van der Waals surface area contributed by atoms with Crippen LogP contribution in [-0.2, 0) is 29.2 Å². The Balaban J connectivity index is 3.82. The van der Waals surface area contributed by atoms with Crippen LogP contribution in [0.1, 0.15) is 40.4 Å². The van der Waals surface area contributed by atoms with Gasteiger partial charge in [0.1, 0.15) is 4.75 Å². The monoisotopic (exact) mass is 343 g/mol. The molecule has 0 atom stereocenters. The van der Waals surface area contributed by atoms with Gasteiger partial charge in [-0.25, -0.2) is 16.8 Å². The lowest BCUT2D eigenvalue weighted by atomic mass is 10.1. The van der Waals surface area contributed by atoms with E-state index in [0.717, 1.165) is 6.26 Å². The SMILES string of the molecule is CC(C)(C)n1c(C(C)(C)S(C)(=O)=O)nnc1S(=O)(=O)Cl. The first-order chi connectivity index (χ1) is 8.60. The van der Waals surface area contributed by atoms with Crippen LogP contribution in [0.15, 0.2) is 5.16 Å². The van der Waals surface area contributed by atoms with Crippen molar-refractivity contribution in [1.29, 1.82) is 0 Å². The van der Waals surface area contributed by atoms with Crippen LogP contribution in [0.25, 0.3) is 0 Å². The molecule has 0 fully saturated rings. The summed E-state index contributed by atoms with van der Waals surface area (Å²) in [6.07, 6.45) is 1.06. The van der Waals surface area contributed by atoms with Gasteiger partial charge in [0.25, 0.3) is 14.2 Å². The molecule has 0 radical (unpaired) electrons. The molecule has 0 N–H and O–H groups in total. The summed E-state index contributed by atoms with van der Waals surface area (Å²) < 4.78 is 46.9. The Morgan fingerprint density at radius 1 is 1.00 bits per heavy atom. The predicted molar refractivity (Wildman–Crippen MR) is 75.9 cm³/mol. The highest BCUT2D eigenvalue weighted by atomic mass is 35.7. The lowest BCUT2D eigenvalue weighted by Crippen LogP contribution is -2.37. The molecule has 0 aliphatic carbocycles. The summed E-state index contributed by atoms with van der Waals surface area (Å²) in [6, 6.07) is 0. The molecule has 0 saturated heterocycles. The van der Waals surface area contributed by atoms with E-state index in [4.69, 9.17) is 10.7 Å². The largest absolute Gasteiger partial charge is 0.296 e. The fourth-order valence-electron chi connectivity index (χ4n) is 1.59. The molecule has 0 spiro atoms. The molecule has 10 heteroatoms. The molecule has 0 bridgehead atoms. The van der Waals surface area contributed by atoms with Gasteiger partial charge in [0.15, 0.2) is 15.7 Å². The van der Waals surface area contributed by atoms with E-state index in [1.807, 2.05) is 0 Å². The first-order valence-electron chi connectivity index (χ1n) is 5.71. The highest BCUT2D eigenvalue weighted by Crippen LogP contribution is 2.33. The minimum absolute atomic E-state index is 0.0340. The van der Waals surface area contributed by atoms with Gasteiger partial charge in [-0.2, -0.15) is 0 Å². The fourth-order valence-corrected chi connectivity index (χ4v) is 3.07. The van der Waals surface area contributed by atoms with Gasteiger partial charge in [-0.3, -0.25) is 4.57 Å². The van der Waals surface area contributed by atoms with E-state index in [2.05, 4.69) is 10.2 Å². The summed E-state index contributed by atoms with van der Waals surface area (Å²) in [5.74, 6) is 0.0340. The second kappa shape index (κ2) is 4.67. The molecular formula is C10H18ClN3O4S2. The van der Waals surface area contributed by atoms with E-state index >= 15 is 0 Å². The number of hydrogen-bond donors (Lipinski definition) is 0. The Morgan fingerprint density at radius 2 is 1.45 bits per heavy atom. The standard InChI is InChI=1S/C10H18ClN3O4S2/c1-9(2,3)14-7(10(4,5)19(6,15)16)12-13-8(14)20(11,17)18/h1-6H3. The highest BCUT2D eigenvalue weighted by Gasteiger charge is 2.42. The molecule has 1 aromatic rings. The van der Waals surface area contributed by atoms with Crippen molar-refractivity contribution in [2.24, 2.45) is 0 Å². The van der Waals surface area contributed by atoms with Gasteiger partial charge in [0, 0.05) is 22.5 Å². The number of halogens is 1. The topological polar surface area (TPSA) is 99.0 Å². The number of aromatic nitrogens is 3. The Kier molecular flexibility index (Phi) is 4.06. The van der Waals surface area contributed by atoms with Gasteiger partial charge in [-0.05, 0) is 34.6 Å². The Morgan fingerprint density at radius 3 is 1.75 bits per heavy atom. The quantitative estimate of drug-likeness (QED) is 0.765. The Labute approximate surface area is 123 Å². The van der Waals surface area contributed by atoms with E-state index in [1.165, 1.54) is 18.4 Å². The van der Waals surface area contributed by atoms with Gasteiger partial charge in [-0.1, -0.05) is 0 Å². The smallest absolute Gasteiger partial charge is 0.294 e. The zero-order chi connectivity index (χ0) is 16.1. The van der Waals surface area contributed by atoms with Crippen LogP contribution >= 0.6 is 10.7 Å². The molecule has 1 aromatic heterocycles. The lowest BCUT2D eigenvalue weighted by molar-refractivity contribution is 0.339. The third kappa shape index (κ3) is 2.99. The summed E-state index contributed by atoms with van der Waals surface area (Å²) in [6.45, 7) is 8.02. The summed E-state index contributed by atoms with van der Waals surface area (Å²) in [5, 5.41) is 6.86. The van der Waals surface area contributed by atoms with Crippen molar-refractivity contribution in [2.45, 2.75) is 50.1 Å². The van der Waals surface area contributed by atoms with Crippen LogP contribution in [0.4, 0.5) is 0 Å². The Hall–Kier alpha value is -0.670. The van der Waals surface area contributed by atoms with Crippen molar-refractivity contribution in [3.8, 4) is 0 Å². The van der Waals surface area contributed by atoms with Crippen molar-refractivity contribution >= 4 is 29.6 Å². The van der Waals surface area contributed by atoms with Crippen molar-refractivity contribution < 1.29 is 16.8 Å². The number of rotatable bonds is 3. The summed E-state index contributed by atoms with van der Waals surface area (Å²) in [7, 11) is -2.32. The number of sulfone groups is 1. The van der Waals surface area contributed by atoms with Crippen molar-refractivity contribution in [1.82, 2.24) is 14.8 Å². The average Bonchev–Trinajstić information content (AvgIpc) is 2.57. The first-order valence-corrected chi connectivity index (χ1v) is 9.91. The minimum Gasteiger partial charge on any atom is -0.294 e. The molecule has 0 saturated carbocycles. The van der Waals surface area contributed by atoms with E-state index < -0.39 is 34.3 Å². The van der Waals surface area contributed by atoms with E-state index in [-0.39, 0.29) is 5.82 Å². The van der Waals surface area contributed by atoms with Gasteiger partial charge >= 0.3 is 0 Å². The van der Waals surface area contributed by atoms with Crippen LogP contribution < -0.4 is 0 Å². The van der Waals surface area contributed by atoms with E-state index in [0.29, 0.717) is 0 Å². The normalized spacial score (nSPS) is 14.6. The lowest BCUT2D eigenvalue weighted by Gasteiger charge is -2.29. The van der Waals surface area contributed by atoms with Crippen molar-refractivity contribution in [3.05, 3.63) is 5.82 Å². The second-order valence-corrected chi connectivity index (χ2v) is 11.1. The van der Waals surface area contributed by atoms with Crippen LogP contribution in [0.3, 0.4) is 0 Å². The van der Waals surface area contributed by atoms with Crippen LogP contribution in [0.5, 0.6) is 0 Å². The van der Waals surface area contributed by atoms with E-state index in [1.54, 1.807) is 20.8 Å². The van der Waals surface area contributed by atoms with Gasteiger partial charge < -0.3 is 0 Å². The molecule has 0 aliphatic heterocycles. The summed E-state index contributed by atoms with van der Waals surface area (Å²) in [5.41, 5.74) is -0.752.